The molecule has 0 unspecified atom stereocenters. The molecule has 90 valence electrons. The molecule has 0 spiro atoms. The van der Waals surface area contributed by atoms with Crippen LogP contribution in [0.4, 0.5) is 5.69 Å². The zero-order chi connectivity index (χ0) is 12.0. The molecule has 1 aromatic rings. The van der Waals surface area contributed by atoms with E-state index in [1.54, 1.807) is 4.90 Å². The van der Waals surface area contributed by atoms with Crippen LogP contribution in [0, 0.1) is 0 Å². The Hall–Kier alpha value is -1.35. The van der Waals surface area contributed by atoms with Crippen LogP contribution in [-0.4, -0.2) is 24.7 Å². The highest BCUT2D eigenvalue weighted by Crippen LogP contribution is 2.48. The summed E-state index contributed by atoms with van der Waals surface area (Å²) in [4.78, 5) is 13.3. The maximum atomic E-state index is 11.6. The molecule has 1 saturated carbocycles. The van der Waals surface area contributed by atoms with Crippen molar-refractivity contribution in [1.29, 1.82) is 0 Å². The Balaban J connectivity index is 2.00. The van der Waals surface area contributed by atoms with E-state index in [9.17, 15) is 9.90 Å². The van der Waals surface area contributed by atoms with Gasteiger partial charge in [-0.15, -0.1) is 0 Å². The summed E-state index contributed by atoms with van der Waals surface area (Å²) in [5.74, 6) is 0.188. The van der Waals surface area contributed by atoms with Crippen LogP contribution in [0.5, 0.6) is 0 Å². The number of anilines is 1. The first kappa shape index (κ1) is 10.8. The predicted molar refractivity (Wildman–Crippen MR) is 66.2 cm³/mol. The van der Waals surface area contributed by atoms with E-state index < -0.39 is 0 Å². The molecule has 1 N–H and O–H groups in total. The third-order valence-corrected chi connectivity index (χ3v) is 4.19. The lowest BCUT2D eigenvalue weighted by molar-refractivity contribution is -0.118. The maximum Gasteiger partial charge on any atom is 0.227 e. The molecule has 0 atom stereocenters. The van der Waals surface area contributed by atoms with Gasteiger partial charge in [0.25, 0.3) is 0 Å². The summed E-state index contributed by atoms with van der Waals surface area (Å²) in [5.41, 5.74) is 3.53. The Bertz CT molecular complexity index is 477. The van der Waals surface area contributed by atoms with E-state index in [1.807, 2.05) is 13.1 Å². The van der Waals surface area contributed by atoms with Gasteiger partial charge in [0.1, 0.15) is 0 Å². The number of aliphatic hydroxyl groups excluding tert-OH is 1. The van der Waals surface area contributed by atoms with E-state index in [2.05, 4.69) is 12.1 Å². The second-order valence-electron chi connectivity index (χ2n) is 5.23. The molecule has 3 rings (SSSR count). The molecule has 1 aromatic carbocycles. The highest BCUT2D eigenvalue weighted by atomic mass is 16.3. The van der Waals surface area contributed by atoms with Gasteiger partial charge in [0.2, 0.25) is 5.91 Å². The van der Waals surface area contributed by atoms with Gasteiger partial charge in [-0.1, -0.05) is 12.1 Å². The zero-order valence-electron chi connectivity index (χ0n) is 10.1. The second kappa shape index (κ2) is 3.57. The van der Waals surface area contributed by atoms with Gasteiger partial charge in [-0.2, -0.15) is 0 Å². The number of hydrogen-bond acceptors (Lipinski definition) is 2. The number of carbonyl (C=O) groups excluding carboxylic acids is 1. The van der Waals surface area contributed by atoms with Crippen molar-refractivity contribution in [2.24, 2.45) is 0 Å². The van der Waals surface area contributed by atoms with Crippen LogP contribution in [0.1, 0.15) is 30.4 Å². The summed E-state index contributed by atoms with van der Waals surface area (Å²) in [7, 11) is 1.83. The summed E-state index contributed by atoms with van der Waals surface area (Å²) in [6.07, 6.45) is 3.58. The number of nitrogens with zero attached hydrogens (tertiary/aromatic N) is 1. The molecule has 2 aliphatic rings. The summed E-state index contributed by atoms with van der Waals surface area (Å²) >= 11 is 0. The molecular weight excluding hydrogens is 214 g/mol. The van der Waals surface area contributed by atoms with Crippen LogP contribution in [-0.2, 0) is 16.6 Å². The molecule has 0 aromatic heterocycles. The summed E-state index contributed by atoms with van der Waals surface area (Å²) < 4.78 is 0. The predicted octanol–water partition coefficient (Wildman–Crippen LogP) is 1.62. The van der Waals surface area contributed by atoms with Gasteiger partial charge in [-0.25, -0.2) is 0 Å². The molecule has 0 bridgehead atoms. The molecule has 0 radical (unpaired) electrons. The van der Waals surface area contributed by atoms with Gasteiger partial charge in [0.05, 0.1) is 6.61 Å². The number of rotatable bonds is 2. The molecule has 3 heteroatoms. The number of aliphatic hydroxyl groups is 1. The number of benzene rings is 1. The third kappa shape index (κ3) is 1.57. The minimum absolute atomic E-state index is 0.0229. The van der Waals surface area contributed by atoms with Crippen molar-refractivity contribution < 1.29 is 9.90 Å². The summed E-state index contributed by atoms with van der Waals surface area (Å²) in [6, 6.07) is 6.27. The smallest absolute Gasteiger partial charge is 0.227 e. The summed E-state index contributed by atoms with van der Waals surface area (Å²) in [5, 5.41) is 9.44. The number of aryl methyl sites for hydroxylation is 1. The van der Waals surface area contributed by atoms with Gasteiger partial charge < -0.3 is 10.0 Å². The van der Waals surface area contributed by atoms with Crippen LogP contribution in [0.2, 0.25) is 0 Å². The van der Waals surface area contributed by atoms with E-state index in [0.29, 0.717) is 6.42 Å². The van der Waals surface area contributed by atoms with E-state index in [0.717, 1.165) is 24.9 Å². The number of amides is 1. The monoisotopic (exact) mass is 231 g/mol. The third-order valence-electron chi connectivity index (χ3n) is 4.19. The average molecular weight is 231 g/mol. The lowest BCUT2D eigenvalue weighted by Gasteiger charge is -2.27. The zero-order valence-corrected chi connectivity index (χ0v) is 10.1. The molecule has 1 aliphatic heterocycles. The first-order chi connectivity index (χ1) is 8.16. The van der Waals surface area contributed by atoms with Gasteiger partial charge in [-0.05, 0) is 36.5 Å². The Labute approximate surface area is 101 Å². The average Bonchev–Trinajstić information content (AvgIpc) is 3.15. The largest absolute Gasteiger partial charge is 0.395 e. The lowest BCUT2D eigenvalue weighted by atomic mass is 9.91. The highest BCUT2D eigenvalue weighted by molar-refractivity contribution is 5.95. The SMILES string of the molecule is CN1C(=O)CCc2cc(C3(CO)CC3)ccc21. The van der Waals surface area contributed by atoms with Crippen LogP contribution >= 0.6 is 0 Å². The normalized spacial score (nSPS) is 21.3. The topological polar surface area (TPSA) is 40.5 Å². The first-order valence-corrected chi connectivity index (χ1v) is 6.17. The van der Waals surface area contributed by atoms with Crippen molar-refractivity contribution in [3.63, 3.8) is 0 Å². The van der Waals surface area contributed by atoms with Crippen LogP contribution in [0.3, 0.4) is 0 Å². The fourth-order valence-corrected chi connectivity index (χ4v) is 2.68. The first-order valence-electron chi connectivity index (χ1n) is 6.17. The minimum atomic E-state index is 0.0229. The quantitative estimate of drug-likeness (QED) is 0.840. The minimum Gasteiger partial charge on any atom is -0.395 e. The van der Waals surface area contributed by atoms with Gasteiger partial charge in [0, 0.05) is 24.6 Å². The highest BCUT2D eigenvalue weighted by Gasteiger charge is 2.44. The number of carbonyl (C=O) groups is 1. The Morgan fingerprint density at radius 3 is 2.76 bits per heavy atom. The van der Waals surface area contributed by atoms with Gasteiger partial charge in [0.15, 0.2) is 0 Å². The fraction of sp³-hybridized carbons (Fsp3) is 0.500. The molecule has 1 heterocycles. The fourth-order valence-electron chi connectivity index (χ4n) is 2.68. The van der Waals surface area contributed by atoms with Crippen molar-refractivity contribution in [2.75, 3.05) is 18.6 Å². The molecule has 1 amide bonds. The molecule has 3 nitrogen and oxygen atoms in total. The molecule has 0 saturated heterocycles. The van der Waals surface area contributed by atoms with Gasteiger partial charge >= 0.3 is 0 Å². The Morgan fingerprint density at radius 1 is 1.35 bits per heavy atom. The molecular formula is C14H17NO2. The van der Waals surface area contributed by atoms with Crippen molar-refractivity contribution >= 4 is 11.6 Å². The molecule has 1 aliphatic carbocycles. The van der Waals surface area contributed by atoms with E-state index in [-0.39, 0.29) is 17.9 Å². The van der Waals surface area contributed by atoms with E-state index in [4.69, 9.17) is 0 Å². The summed E-state index contributed by atoms with van der Waals surface area (Å²) in [6.45, 7) is 0.237. The van der Waals surface area contributed by atoms with E-state index in [1.165, 1.54) is 11.1 Å². The Kier molecular flexibility index (Phi) is 2.26. The number of hydrogen-bond donors (Lipinski definition) is 1. The van der Waals surface area contributed by atoms with Crippen molar-refractivity contribution in [1.82, 2.24) is 0 Å². The van der Waals surface area contributed by atoms with Crippen molar-refractivity contribution in [3.8, 4) is 0 Å². The van der Waals surface area contributed by atoms with Crippen LogP contribution in [0.25, 0.3) is 0 Å². The lowest BCUT2D eigenvalue weighted by Crippen LogP contribution is -2.31. The van der Waals surface area contributed by atoms with E-state index >= 15 is 0 Å². The second-order valence-corrected chi connectivity index (χ2v) is 5.23. The van der Waals surface area contributed by atoms with Crippen molar-refractivity contribution in [2.45, 2.75) is 31.1 Å². The molecule has 1 fully saturated rings. The standard InChI is InChI=1S/C14H17NO2/c1-15-12-4-3-11(14(9-16)6-7-14)8-10(12)2-5-13(15)17/h3-4,8,16H,2,5-7,9H2,1H3. The van der Waals surface area contributed by atoms with Crippen LogP contribution in [0.15, 0.2) is 18.2 Å². The maximum absolute atomic E-state index is 11.6. The number of fused-ring (bicyclic) bond motifs is 1. The van der Waals surface area contributed by atoms with Crippen molar-refractivity contribution in [3.05, 3.63) is 29.3 Å². The van der Waals surface area contributed by atoms with Gasteiger partial charge in [-0.3, -0.25) is 4.79 Å². The van der Waals surface area contributed by atoms with Crippen LogP contribution < -0.4 is 4.90 Å². The molecule has 17 heavy (non-hydrogen) atoms. The Morgan fingerprint density at radius 2 is 2.12 bits per heavy atom.